The lowest BCUT2D eigenvalue weighted by molar-refractivity contribution is 0.0858. The highest BCUT2D eigenvalue weighted by atomic mass is 16.5. The first-order chi connectivity index (χ1) is 15.2. The summed E-state index contributed by atoms with van der Waals surface area (Å²) in [6, 6.07) is 18.5. The molecule has 0 bridgehead atoms. The Balaban J connectivity index is 1.56. The standard InChI is InChI=1S/C25H26N2O4/c1-2-30-23-15-18-9-4-3-8-17(18)14-21(23)25(29)27-22-12-6-5-11-20(22)24(28)26-16-19-10-7-13-31-19/h3-6,8-9,11-12,14-15,19H,2,7,10,13,16H2,1H3,(H,26,28)(H,27,29). The highest BCUT2D eigenvalue weighted by Gasteiger charge is 2.20. The van der Waals surface area contributed by atoms with Crippen molar-refractivity contribution in [1.29, 1.82) is 0 Å². The largest absolute Gasteiger partial charge is 0.493 e. The molecule has 1 fully saturated rings. The Kier molecular flexibility index (Phi) is 6.48. The number of para-hydroxylation sites is 1. The third-order valence-corrected chi connectivity index (χ3v) is 5.33. The minimum absolute atomic E-state index is 0.0528. The van der Waals surface area contributed by atoms with E-state index in [0.717, 1.165) is 30.2 Å². The van der Waals surface area contributed by atoms with Gasteiger partial charge in [0, 0.05) is 13.2 Å². The van der Waals surface area contributed by atoms with Crippen LogP contribution in [0.5, 0.6) is 5.75 Å². The van der Waals surface area contributed by atoms with Gasteiger partial charge in [0.1, 0.15) is 5.75 Å². The fraction of sp³-hybridized carbons (Fsp3) is 0.280. The normalized spacial score (nSPS) is 15.6. The second-order valence-corrected chi connectivity index (χ2v) is 7.47. The van der Waals surface area contributed by atoms with Crippen molar-refractivity contribution in [3.8, 4) is 5.75 Å². The van der Waals surface area contributed by atoms with Crippen LogP contribution in [0.25, 0.3) is 10.8 Å². The number of amides is 2. The van der Waals surface area contributed by atoms with Crippen molar-refractivity contribution in [1.82, 2.24) is 5.32 Å². The van der Waals surface area contributed by atoms with Crippen molar-refractivity contribution in [2.75, 3.05) is 25.1 Å². The van der Waals surface area contributed by atoms with Gasteiger partial charge in [-0.25, -0.2) is 0 Å². The van der Waals surface area contributed by atoms with Crippen molar-refractivity contribution in [2.45, 2.75) is 25.9 Å². The van der Waals surface area contributed by atoms with Crippen LogP contribution in [0.2, 0.25) is 0 Å². The van der Waals surface area contributed by atoms with Gasteiger partial charge in [-0.15, -0.1) is 0 Å². The lowest BCUT2D eigenvalue weighted by Gasteiger charge is -2.15. The lowest BCUT2D eigenvalue weighted by atomic mass is 10.0. The van der Waals surface area contributed by atoms with Crippen LogP contribution in [0.4, 0.5) is 5.69 Å². The van der Waals surface area contributed by atoms with E-state index >= 15 is 0 Å². The number of carbonyl (C=O) groups is 2. The lowest BCUT2D eigenvalue weighted by Crippen LogP contribution is -2.32. The summed E-state index contributed by atoms with van der Waals surface area (Å²) >= 11 is 0. The maximum absolute atomic E-state index is 13.2. The van der Waals surface area contributed by atoms with Gasteiger partial charge in [0.05, 0.1) is 29.5 Å². The summed E-state index contributed by atoms with van der Waals surface area (Å²) in [7, 11) is 0. The third kappa shape index (κ3) is 4.86. The highest BCUT2D eigenvalue weighted by molar-refractivity contribution is 6.11. The van der Waals surface area contributed by atoms with Gasteiger partial charge in [-0.2, -0.15) is 0 Å². The van der Waals surface area contributed by atoms with Crippen LogP contribution in [0.3, 0.4) is 0 Å². The topological polar surface area (TPSA) is 76.7 Å². The monoisotopic (exact) mass is 418 g/mol. The molecular weight excluding hydrogens is 392 g/mol. The van der Waals surface area contributed by atoms with Gasteiger partial charge in [0.25, 0.3) is 11.8 Å². The van der Waals surface area contributed by atoms with E-state index in [2.05, 4.69) is 10.6 Å². The maximum Gasteiger partial charge on any atom is 0.259 e. The van der Waals surface area contributed by atoms with E-state index in [4.69, 9.17) is 9.47 Å². The van der Waals surface area contributed by atoms with Gasteiger partial charge >= 0.3 is 0 Å². The van der Waals surface area contributed by atoms with E-state index in [0.29, 0.717) is 35.7 Å². The first kappa shape index (κ1) is 20.9. The molecule has 6 nitrogen and oxygen atoms in total. The van der Waals surface area contributed by atoms with Crippen molar-refractivity contribution >= 4 is 28.3 Å². The van der Waals surface area contributed by atoms with Crippen LogP contribution in [-0.4, -0.2) is 37.7 Å². The Morgan fingerprint density at radius 3 is 2.48 bits per heavy atom. The van der Waals surface area contributed by atoms with E-state index in [1.807, 2.05) is 43.3 Å². The molecule has 2 N–H and O–H groups in total. The van der Waals surface area contributed by atoms with Crippen LogP contribution >= 0.6 is 0 Å². The molecule has 1 aliphatic rings. The van der Waals surface area contributed by atoms with Crippen molar-refractivity contribution < 1.29 is 19.1 Å². The van der Waals surface area contributed by atoms with E-state index < -0.39 is 0 Å². The Hall–Kier alpha value is -3.38. The fourth-order valence-electron chi connectivity index (χ4n) is 3.76. The molecule has 31 heavy (non-hydrogen) atoms. The molecular formula is C25H26N2O4. The number of benzene rings is 3. The first-order valence-corrected chi connectivity index (χ1v) is 10.6. The molecule has 0 spiro atoms. The molecule has 160 valence electrons. The number of rotatable bonds is 7. The average molecular weight is 418 g/mol. The maximum atomic E-state index is 13.2. The van der Waals surface area contributed by atoms with Gasteiger partial charge in [0.2, 0.25) is 0 Å². The van der Waals surface area contributed by atoms with Gasteiger partial charge in [-0.1, -0.05) is 36.4 Å². The second kappa shape index (κ2) is 9.62. The number of fused-ring (bicyclic) bond motifs is 1. The summed E-state index contributed by atoms with van der Waals surface area (Å²) in [5.74, 6) is -0.0532. The van der Waals surface area contributed by atoms with Crippen LogP contribution in [-0.2, 0) is 4.74 Å². The molecule has 0 radical (unpaired) electrons. The number of ether oxygens (including phenoxy) is 2. The zero-order chi connectivity index (χ0) is 21.6. The second-order valence-electron chi connectivity index (χ2n) is 7.47. The van der Waals surface area contributed by atoms with Crippen molar-refractivity contribution in [3.63, 3.8) is 0 Å². The first-order valence-electron chi connectivity index (χ1n) is 10.6. The molecule has 0 aliphatic carbocycles. The van der Waals surface area contributed by atoms with Gasteiger partial charge in [0.15, 0.2) is 0 Å². The number of anilines is 1. The molecule has 0 aromatic heterocycles. The van der Waals surface area contributed by atoms with E-state index in [1.165, 1.54) is 0 Å². The molecule has 1 aliphatic heterocycles. The van der Waals surface area contributed by atoms with Crippen molar-refractivity contribution in [2.24, 2.45) is 0 Å². The molecule has 1 saturated heterocycles. The van der Waals surface area contributed by atoms with E-state index in [9.17, 15) is 9.59 Å². The van der Waals surface area contributed by atoms with Crippen LogP contribution in [0.15, 0.2) is 60.7 Å². The molecule has 1 heterocycles. The summed E-state index contributed by atoms with van der Waals surface area (Å²) in [5.41, 5.74) is 1.29. The smallest absolute Gasteiger partial charge is 0.259 e. The fourth-order valence-corrected chi connectivity index (χ4v) is 3.76. The average Bonchev–Trinajstić information content (AvgIpc) is 3.31. The number of hydrogen-bond acceptors (Lipinski definition) is 4. The number of nitrogens with one attached hydrogen (secondary N) is 2. The molecule has 3 aromatic carbocycles. The SMILES string of the molecule is CCOc1cc2ccccc2cc1C(=O)Nc1ccccc1C(=O)NCC1CCCO1. The molecule has 1 atom stereocenters. The molecule has 1 unspecified atom stereocenters. The van der Waals surface area contributed by atoms with Gasteiger partial charge < -0.3 is 20.1 Å². The zero-order valence-electron chi connectivity index (χ0n) is 17.5. The predicted molar refractivity (Wildman–Crippen MR) is 121 cm³/mol. The summed E-state index contributed by atoms with van der Waals surface area (Å²) in [6.07, 6.45) is 2.01. The van der Waals surface area contributed by atoms with Crippen LogP contribution < -0.4 is 15.4 Å². The minimum Gasteiger partial charge on any atom is -0.493 e. The minimum atomic E-state index is -0.325. The molecule has 3 aromatic rings. The Morgan fingerprint density at radius 2 is 1.74 bits per heavy atom. The van der Waals surface area contributed by atoms with Gasteiger partial charge in [-0.3, -0.25) is 9.59 Å². The zero-order valence-corrected chi connectivity index (χ0v) is 17.5. The van der Waals surface area contributed by atoms with E-state index in [1.54, 1.807) is 24.3 Å². The van der Waals surface area contributed by atoms with Crippen LogP contribution in [0.1, 0.15) is 40.5 Å². The van der Waals surface area contributed by atoms with E-state index in [-0.39, 0.29) is 17.9 Å². The number of carbonyl (C=O) groups excluding carboxylic acids is 2. The Labute approximate surface area is 181 Å². The molecule has 0 saturated carbocycles. The van der Waals surface area contributed by atoms with Gasteiger partial charge in [-0.05, 0) is 54.8 Å². The highest BCUT2D eigenvalue weighted by Crippen LogP contribution is 2.28. The summed E-state index contributed by atoms with van der Waals surface area (Å²) in [6.45, 7) is 3.52. The predicted octanol–water partition coefficient (Wildman–Crippen LogP) is 4.40. The molecule has 2 amide bonds. The Bertz CT molecular complexity index is 1090. The summed E-state index contributed by atoms with van der Waals surface area (Å²) < 4.78 is 11.3. The summed E-state index contributed by atoms with van der Waals surface area (Å²) in [4.78, 5) is 25.9. The number of hydrogen-bond donors (Lipinski definition) is 2. The quantitative estimate of drug-likeness (QED) is 0.596. The van der Waals surface area contributed by atoms with Crippen LogP contribution in [0, 0.1) is 0 Å². The summed E-state index contributed by atoms with van der Waals surface area (Å²) in [5, 5.41) is 7.74. The Morgan fingerprint density at radius 1 is 1.00 bits per heavy atom. The van der Waals surface area contributed by atoms with Crippen molar-refractivity contribution in [3.05, 3.63) is 71.8 Å². The third-order valence-electron chi connectivity index (χ3n) is 5.33. The molecule has 4 rings (SSSR count). The molecule has 6 heteroatoms.